The molecule has 0 heterocycles. The van der Waals surface area contributed by atoms with Gasteiger partial charge in [-0.2, -0.15) is 0 Å². The van der Waals surface area contributed by atoms with Crippen LogP contribution in [0.4, 0.5) is 0 Å². The number of ether oxygens (including phenoxy) is 1. The summed E-state index contributed by atoms with van der Waals surface area (Å²) in [4.78, 5) is 4.55. The first-order valence-electron chi connectivity index (χ1n) is 6.98. The van der Waals surface area contributed by atoms with Crippen LogP contribution in [0.3, 0.4) is 0 Å². The van der Waals surface area contributed by atoms with Crippen LogP contribution in [0.2, 0.25) is 0 Å². The summed E-state index contributed by atoms with van der Waals surface area (Å²) >= 11 is 0. The summed E-state index contributed by atoms with van der Waals surface area (Å²) in [6.45, 7) is 0.696. The average molecular weight is 275 g/mol. The van der Waals surface area contributed by atoms with Crippen molar-refractivity contribution in [2.24, 2.45) is 4.99 Å². The van der Waals surface area contributed by atoms with Crippen LogP contribution in [-0.4, -0.2) is 13.3 Å². The summed E-state index contributed by atoms with van der Waals surface area (Å²) < 4.78 is 5.41. The van der Waals surface area contributed by atoms with E-state index in [-0.39, 0.29) is 0 Å². The molecule has 21 heavy (non-hydrogen) atoms. The fourth-order valence-corrected chi connectivity index (χ4v) is 2.42. The number of hydrogen-bond acceptors (Lipinski definition) is 2. The van der Waals surface area contributed by atoms with Gasteiger partial charge in [0.05, 0.1) is 13.7 Å². The van der Waals surface area contributed by atoms with Crippen molar-refractivity contribution in [1.29, 1.82) is 0 Å². The molecule has 0 aliphatic heterocycles. The van der Waals surface area contributed by atoms with Crippen molar-refractivity contribution in [3.05, 3.63) is 77.9 Å². The molecule has 0 unspecified atom stereocenters. The number of nitrogens with zero attached hydrogens (tertiary/aromatic N) is 1. The molecule has 3 rings (SSSR count). The highest BCUT2D eigenvalue weighted by Gasteiger charge is 2.03. The maximum absolute atomic E-state index is 5.41. The van der Waals surface area contributed by atoms with Crippen molar-refractivity contribution >= 4 is 17.0 Å². The molecule has 0 saturated carbocycles. The number of hydrogen-bond donors (Lipinski definition) is 0. The zero-order chi connectivity index (χ0) is 14.5. The normalized spacial score (nSPS) is 11.1. The van der Waals surface area contributed by atoms with Crippen molar-refractivity contribution < 1.29 is 4.74 Å². The second-order valence-electron chi connectivity index (χ2n) is 4.86. The largest absolute Gasteiger partial charge is 0.496 e. The third kappa shape index (κ3) is 2.95. The highest BCUT2D eigenvalue weighted by Crippen LogP contribution is 2.27. The van der Waals surface area contributed by atoms with E-state index in [1.807, 2.05) is 42.6 Å². The molecular weight excluding hydrogens is 258 g/mol. The van der Waals surface area contributed by atoms with Gasteiger partial charge < -0.3 is 4.74 Å². The van der Waals surface area contributed by atoms with Crippen molar-refractivity contribution in [2.45, 2.75) is 6.54 Å². The average Bonchev–Trinajstić information content (AvgIpc) is 2.56. The van der Waals surface area contributed by atoms with Gasteiger partial charge in [-0.15, -0.1) is 0 Å². The Kier molecular flexibility index (Phi) is 3.97. The van der Waals surface area contributed by atoms with Crippen LogP contribution in [0, 0.1) is 0 Å². The lowest BCUT2D eigenvalue weighted by Crippen LogP contribution is -1.90. The summed E-state index contributed by atoms with van der Waals surface area (Å²) in [6.07, 6.45) is 1.94. The van der Waals surface area contributed by atoms with E-state index in [1.54, 1.807) is 7.11 Å². The predicted octanol–water partition coefficient (Wildman–Crippen LogP) is 4.47. The van der Waals surface area contributed by atoms with Gasteiger partial charge in [-0.3, -0.25) is 4.99 Å². The zero-order valence-corrected chi connectivity index (χ0v) is 12.0. The molecule has 3 aromatic rings. The Labute approximate surface area is 124 Å². The second kappa shape index (κ2) is 6.23. The van der Waals surface area contributed by atoms with Crippen LogP contribution in [0.5, 0.6) is 5.75 Å². The molecule has 0 spiro atoms. The molecule has 0 radical (unpaired) electrons. The van der Waals surface area contributed by atoms with Crippen LogP contribution in [0.1, 0.15) is 11.1 Å². The van der Waals surface area contributed by atoms with Crippen LogP contribution in [0.25, 0.3) is 10.8 Å². The lowest BCUT2D eigenvalue weighted by Gasteiger charge is -2.07. The van der Waals surface area contributed by atoms with Gasteiger partial charge in [-0.1, -0.05) is 54.6 Å². The highest BCUT2D eigenvalue weighted by atomic mass is 16.5. The minimum atomic E-state index is 0.696. The molecule has 0 atom stereocenters. The third-order valence-corrected chi connectivity index (χ3v) is 3.48. The van der Waals surface area contributed by atoms with E-state index in [0.717, 1.165) is 22.1 Å². The smallest absolute Gasteiger partial charge is 0.126 e. The number of rotatable bonds is 4. The van der Waals surface area contributed by atoms with E-state index < -0.39 is 0 Å². The van der Waals surface area contributed by atoms with Crippen molar-refractivity contribution in [3.63, 3.8) is 0 Å². The Balaban J connectivity index is 1.91. The first-order chi connectivity index (χ1) is 10.4. The molecule has 0 bridgehead atoms. The maximum atomic E-state index is 5.41. The van der Waals surface area contributed by atoms with E-state index in [1.165, 1.54) is 5.56 Å². The Morgan fingerprint density at radius 1 is 0.857 bits per heavy atom. The molecule has 2 heteroatoms. The Bertz CT molecular complexity index is 763. The lowest BCUT2D eigenvalue weighted by atomic mass is 10.0. The minimum Gasteiger partial charge on any atom is -0.496 e. The van der Waals surface area contributed by atoms with Crippen molar-refractivity contribution in [2.75, 3.05) is 7.11 Å². The summed E-state index contributed by atoms with van der Waals surface area (Å²) in [7, 11) is 1.70. The SMILES string of the molecule is COc1ccc(C=NCc2ccccc2)c2ccccc12. The summed E-state index contributed by atoms with van der Waals surface area (Å²) in [5.41, 5.74) is 2.33. The number of benzene rings is 3. The van der Waals surface area contributed by atoms with E-state index in [2.05, 4.69) is 35.3 Å². The first-order valence-corrected chi connectivity index (χ1v) is 6.98. The molecule has 0 aliphatic rings. The maximum Gasteiger partial charge on any atom is 0.126 e. The quantitative estimate of drug-likeness (QED) is 0.644. The Hall–Kier alpha value is -2.61. The zero-order valence-electron chi connectivity index (χ0n) is 12.0. The standard InChI is InChI=1S/C19H17NO/c1-21-19-12-11-16(17-9-5-6-10-18(17)19)14-20-13-15-7-3-2-4-8-15/h2-12,14H,13H2,1H3. The van der Waals surface area contributed by atoms with Gasteiger partial charge in [-0.25, -0.2) is 0 Å². The molecule has 2 nitrogen and oxygen atoms in total. The van der Waals surface area contributed by atoms with E-state index >= 15 is 0 Å². The molecular formula is C19H17NO. The van der Waals surface area contributed by atoms with Crippen molar-refractivity contribution in [3.8, 4) is 5.75 Å². The van der Waals surface area contributed by atoms with Crippen LogP contribution >= 0.6 is 0 Å². The van der Waals surface area contributed by atoms with E-state index in [4.69, 9.17) is 4.74 Å². The fraction of sp³-hybridized carbons (Fsp3) is 0.105. The fourth-order valence-electron chi connectivity index (χ4n) is 2.42. The third-order valence-electron chi connectivity index (χ3n) is 3.48. The molecule has 0 aliphatic carbocycles. The van der Waals surface area contributed by atoms with E-state index in [9.17, 15) is 0 Å². The minimum absolute atomic E-state index is 0.696. The van der Waals surface area contributed by atoms with Gasteiger partial charge in [0.1, 0.15) is 5.75 Å². The monoisotopic (exact) mass is 275 g/mol. The van der Waals surface area contributed by atoms with E-state index in [0.29, 0.717) is 6.54 Å². The van der Waals surface area contributed by atoms with Crippen LogP contribution in [-0.2, 0) is 6.54 Å². The predicted molar refractivity (Wildman–Crippen MR) is 88.2 cm³/mol. The molecule has 3 aromatic carbocycles. The Morgan fingerprint density at radius 3 is 2.33 bits per heavy atom. The van der Waals surface area contributed by atoms with Gasteiger partial charge in [0.25, 0.3) is 0 Å². The summed E-state index contributed by atoms with van der Waals surface area (Å²) in [5, 5.41) is 2.28. The highest BCUT2D eigenvalue weighted by molar-refractivity contribution is 6.02. The molecule has 0 saturated heterocycles. The van der Waals surface area contributed by atoms with Crippen LogP contribution in [0.15, 0.2) is 71.7 Å². The summed E-state index contributed by atoms with van der Waals surface area (Å²) in [6, 6.07) is 22.5. The Morgan fingerprint density at radius 2 is 1.57 bits per heavy atom. The number of fused-ring (bicyclic) bond motifs is 1. The molecule has 0 fully saturated rings. The summed E-state index contributed by atoms with van der Waals surface area (Å²) in [5.74, 6) is 0.894. The molecule has 0 aromatic heterocycles. The number of aliphatic imine (C=N–C) groups is 1. The van der Waals surface area contributed by atoms with Gasteiger partial charge in [0.15, 0.2) is 0 Å². The van der Waals surface area contributed by atoms with Crippen molar-refractivity contribution in [1.82, 2.24) is 0 Å². The van der Waals surface area contributed by atoms with Gasteiger partial charge in [-0.05, 0) is 23.1 Å². The van der Waals surface area contributed by atoms with Crippen LogP contribution < -0.4 is 4.74 Å². The number of methoxy groups -OCH3 is 1. The second-order valence-corrected chi connectivity index (χ2v) is 4.86. The lowest BCUT2D eigenvalue weighted by molar-refractivity contribution is 0.420. The van der Waals surface area contributed by atoms with Gasteiger partial charge >= 0.3 is 0 Å². The van der Waals surface area contributed by atoms with Gasteiger partial charge in [0, 0.05) is 17.2 Å². The molecule has 104 valence electrons. The van der Waals surface area contributed by atoms with Gasteiger partial charge in [0.2, 0.25) is 0 Å². The first kappa shape index (κ1) is 13.4. The topological polar surface area (TPSA) is 21.6 Å². The molecule has 0 amide bonds. The molecule has 0 N–H and O–H groups in total.